The minimum atomic E-state index is 0.750. The second kappa shape index (κ2) is 4.35. The molecule has 5 heteroatoms. The number of rotatable bonds is 3. The van der Waals surface area contributed by atoms with Crippen molar-refractivity contribution in [1.82, 2.24) is 15.3 Å². The number of thiophene rings is 1. The van der Waals surface area contributed by atoms with Crippen LogP contribution in [0.1, 0.15) is 11.5 Å². The quantitative estimate of drug-likeness (QED) is 0.868. The SMILES string of the molecule is CNCc1nc(-c2ccc(Cl)s2)c(C)[nH]1. The summed E-state index contributed by atoms with van der Waals surface area (Å²) in [4.78, 5) is 8.87. The predicted molar refractivity (Wildman–Crippen MR) is 64.4 cm³/mol. The molecule has 2 heterocycles. The molecule has 2 rings (SSSR count). The monoisotopic (exact) mass is 241 g/mol. The van der Waals surface area contributed by atoms with E-state index < -0.39 is 0 Å². The van der Waals surface area contributed by atoms with E-state index in [1.165, 1.54) is 0 Å². The molecule has 0 saturated heterocycles. The number of imidazole rings is 1. The van der Waals surface area contributed by atoms with Crippen molar-refractivity contribution < 1.29 is 0 Å². The smallest absolute Gasteiger partial charge is 0.121 e. The molecule has 2 N–H and O–H groups in total. The Morgan fingerprint density at radius 3 is 2.93 bits per heavy atom. The average Bonchev–Trinajstić information content (AvgIpc) is 2.73. The van der Waals surface area contributed by atoms with E-state index in [-0.39, 0.29) is 0 Å². The van der Waals surface area contributed by atoms with Crippen LogP contribution < -0.4 is 5.32 Å². The van der Waals surface area contributed by atoms with E-state index >= 15 is 0 Å². The van der Waals surface area contributed by atoms with Crippen LogP contribution in [0.25, 0.3) is 10.6 Å². The Kier molecular flexibility index (Phi) is 3.09. The summed E-state index contributed by atoms with van der Waals surface area (Å²) in [6, 6.07) is 3.90. The molecule has 3 nitrogen and oxygen atoms in total. The van der Waals surface area contributed by atoms with Gasteiger partial charge in [-0.05, 0) is 26.1 Å². The van der Waals surface area contributed by atoms with Crippen LogP contribution in [0.2, 0.25) is 4.34 Å². The molecule has 0 fully saturated rings. The van der Waals surface area contributed by atoms with Crippen molar-refractivity contribution in [3.05, 3.63) is 28.0 Å². The van der Waals surface area contributed by atoms with Gasteiger partial charge < -0.3 is 10.3 Å². The van der Waals surface area contributed by atoms with Crippen molar-refractivity contribution in [2.45, 2.75) is 13.5 Å². The van der Waals surface area contributed by atoms with Crippen LogP contribution in [0, 0.1) is 6.92 Å². The molecule has 0 spiro atoms. The molecule has 0 aliphatic carbocycles. The number of aryl methyl sites for hydroxylation is 1. The summed E-state index contributed by atoms with van der Waals surface area (Å²) in [5.74, 6) is 0.953. The molecule has 0 aliphatic heterocycles. The van der Waals surface area contributed by atoms with Crippen LogP contribution in [0.15, 0.2) is 12.1 Å². The average molecular weight is 242 g/mol. The third kappa shape index (κ3) is 2.22. The highest BCUT2D eigenvalue weighted by atomic mass is 35.5. The van der Waals surface area contributed by atoms with Crippen molar-refractivity contribution in [2.75, 3.05) is 7.05 Å². The first-order chi connectivity index (χ1) is 7.20. The van der Waals surface area contributed by atoms with Gasteiger partial charge in [0, 0.05) is 5.69 Å². The molecule has 0 bridgehead atoms. The van der Waals surface area contributed by atoms with Gasteiger partial charge in [-0.3, -0.25) is 0 Å². The van der Waals surface area contributed by atoms with Crippen molar-refractivity contribution in [1.29, 1.82) is 0 Å². The minimum Gasteiger partial charge on any atom is -0.344 e. The third-order valence-corrected chi connectivity index (χ3v) is 3.32. The van der Waals surface area contributed by atoms with Crippen molar-refractivity contribution in [3.63, 3.8) is 0 Å². The molecule has 15 heavy (non-hydrogen) atoms. The van der Waals surface area contributed by atoms with Crippen molar-refractivity contribution in [3.8, 4) is 10.6 Å². The van der Waals surface area contributed by atoms with Crippen LogP contribution in [0.3, 0.4) is 0 Å². The Bertz CT molecular complexity index is 461. The van der Waals surface area contributed by atoms with E-state index in [0.29, 0.717) is 0 Å². The number of nitrogens with zero attached hydrogens (tertiary/aromatic N) is 1. The molecule has 2 aromatic heterocycles. The molecule has 0 saturated carbocycles. The Morgan fingerprint density at radius 2 is 2.33 bits per heavy atom. The Morgan fingerprint density at radius 1 is 1.53 bits per heavy atom. The van der Waals surface area contributed by atoms with Crippen molar-refractivity contribution in [2.24, 2.45) is 0 Å². The van der Waals surface area contributed by atoms with E-state index in [2.05, 4.69) is 15.3 Å². The normalized spacial score (nSPS) is 10.9. The Balaban J connectivity index is 2.35. The molecule has 80 valence electrons. The molecule has 0 aliphatic rings. The first-order valence-electron chi connectivity index (χ1n) is 4.66. The van der Waals surface area contributed by atoms with Gasteiger partial charge in [0.15, 0.2) is 0 Å². The van der Waals surface area contributed by atoms with Gasteiger partial charge in [-0.1, -0.05) is 11.6 Å². The number of nitrogens with one attached hydrogen (secondary N) is 2. The van der Waals surface area contributed by atoms with Gasteiger partial charge in [0.05, 0.1) is 15.8 Å². The molecule has 0 aromatic carbocycles. The molecular weight excluding hydrogens is 230 g/mol. The number of aromatic nitrogens is 2. The maximum Gasteiger partial charge on any atom is 0.121 e. The summed E-state index contributed by atoms with van der Waals surface area (Å²) in [6.45, 7) is 2.77. The number of hydrogen-bond donors (Lipinski definition) is 2. The van der Waals surface area contributed by atoms with E-state index in [1.807, 2.05) is 26.1 Å². The number of aromatic amines is 1. The third-order valence-electron chi connectivity index (χ3n) is 2.08. The zero-order valence-corrected chi connectivity index (χ0v) is 10.2. The van der Waals surface area contributed by atoms with Gasteiger partial charge in [-0.15, -0.1) is 11.3 Å². The largest absolute Gasteiger partial charge is 0.344 e. The summed E-state index contributed by atoms with van der Waals surface area (Å²) < 4.78 is 0.794. The predicted octanol–water partition coefficient (Wildman–Crippen LogP) is 2.82. The van der Waals surface area contributed by atoms with Crippen LogP contribution in [0.4, 0.5) is 0 Å². The maximum absolute atomic E-state index is 5.90. The van der Waals surface area contributed by atoms with Gasteiger partial charge in [0.25, 0.3) is 0 Å². The first kappa shape index (κ1) is 10.7. The fourth-order valence-corrected chi connectivity index (χ4v) is 2.55. The van der Waals surface area contributed by atoms with Crippen LogP contribution in [-0.4, -0.2) is 17.0 Å². The lowest BCUT2D eigenvalue weighted by Gasteiger charge is -1.91. The molecular formula is C10H12ClN3S. The van der Waals surface area contributed by atoms with E-state index in [1.54, 1.807) is 11.3 Å². The lowest BCUT2D eigenvalue weighted by Crippen LogP contribution is -2.06. The second-order valence-electron chi connectivity index (χ2n) is 3.29. The summed E-state index contributed by atoms with van der Waals surface area (Å²) in [5.41, 5.74) is 2.08. The molecule has 0 atom stereocenters. The zero-order valence-electron chi connectivity index (χ0n) is 8.60. The molecule has 0 unspecified atom stereocenters. The summed E-state index contributed by atoms with van der Waals surface area (Å²) in [6.07, 6.45) is 0. The number of H-pyrrole nitrogens is 1. The maximum atomic E-state index is 5.90. The second-order valence-corrected chi connectivity index (χ2v) is 5.01. The molecule has 0 radical (unpaired) electrons. The van der Waals surface area contributed by atoms with Gasteiger partial charge in [-0.25, -0.2) is 4.98 Å². The summed E-state index contributed by atoms with van der Waals surface area (Å²) in [5, 5.41) is 3.06. The number of hydrogen-bond acceptors (Lipinski definition) is 3. The minimum absolute atomic E-state index is 0.750. The fraction of sp³-hybridized carbons (Fsp3) is 0.300. The Labute approximate surface area is 97.5 Å². The fourth-order valence-electron chi connectivity index (χ4n) is 1.46. The van der Waals surface area contributed by atoms with Crippen LogP contribution in [0.5, 0.6) is 0 Å². The highest BCUT2D eigenvalue weighted by molar-refractivity contribution is 7.19. The van der Waals surface area contributed by atoms with E-state index in [9.17, 15) is 0 Å². The van der Waals surface area contributed by atoms with E-state index in [4.69, 9.17) is 11.6 Å². The van der Waals surface area contributed by atoms with E-state index in [0.717, 1.165) is 33.0 Å². The zero-order chi connectivity index (χ0) is 10.8. The van der Waals surface area contributed by atoms with Gasteiger partial charge in [0.2, 0.25) is 0 Å². The first-order valence-corrected chi connectivity index (χ1v) is 5.86. The Hall–Kier alpha value is -0.840. The highest BCUT2D eigenvalue weighted by Gasteiger charge is 2.10. The van der Waals surface area contributed by atoms with Crippen LogP contribution in [-0.2, 0) is 6.54 Å². The highest BCUT2D eigenvalue weighted by Crippen LogP contribution is 2.31. The molecule has 0 amide bonds. The summed E-state index contributed by atoms with van der Waals surface area (Å²) in [7, 11) is 1.90. The van der Waals surface area contributed by atoms with Gasteiger partial charge in [0.1, 0.15) is 11.5 Å². The summed E-state index contributed by atoms with van der Waals surface area (Å²) >= 11 is 7.45. The standard InChI is InChI=1S/C10H12ClN3S/c1-6-10(7-3-4-8(11)15-7)14-9(13-6)5-12-2/h3-4,12H,5H2,1-2H3,(H,13,14). The van der Waals surface area contributed by atoms with Crippen LogP contribution >= 0.6 is 22.9 Å². The lowest BCUT2D eigenvalue weighted by molar-refractivity contribution is 0.771. The number of halogens is 1. The van der Waals surface area contributed by atoms with Gasteiger partial charge in [-0.2, -0.15) is 0 Å². The van der Waals surface area contributed by atoms with Gasteiger partial charge >= 0.3 is 0 Å². The topological polar surface area (TPSA) is 40.7 Å². The molecule has 2 aromatic rings. The lowest BCUT2D eigenvalue weighted by atomic mass is 10.3. The van der Waals surface area contributed by atoms with Crippen molar-refractivity contribution >= 4 is 22.9 Å².